The van der Waals surface area contributed by atoms with Crippen molar-refractivity contribution in [3.05, 3.63) is 173 Å². The van der Waals surface area contributed by atoms with E-state index in [1.165, 1.54) is 33.2 Å². The minimum Gasteiger partial charge on any atom is -0.311 e. The third kappa shape index (κ3) is 6.20. The van der Waals surface area contributed by atoms with E-state index >= 15 is 0 Å². The highest BCUT2D eigenvalue weighted by atomic mass is 15.2. The van der Waals surface area contributed by atoms with Gasteiger partial charge in [-0.25, -0.2) is 0 Å². The Balaban J connectivity index is 1.28. The van der Waals surface area contributed by atoms with E-state index in [2.05, 4.69) is 200 Å². The Bertz CT molecular complexity index is 3110. The summed E-state index contributed by atoms with van der Waals surface area (Å²) >= 11 is 0. The Labute approximate surface area is 381 Å². The zero-order chi connectivity index (χ0) is 46.3. The maximum absolute atomic E-state index is 9.13. The minimum absolute atomic E-state index is 0.0165. The Kier molecular flexibility index (Phi) is 8.06. The van der Waals surface area contributed by atoms with Gasteiger partial charge in [0.2, 0.25) is 0 Å². The lowest BCUT2D eigenvalue weighted by molar-refractivity contribution is 0.332. The highest BCUT2D eigenvalue weighted by molar-refractivity contribution is 7.00. The number of benzene rings is 7. The SMILES string of the molecule is [2H]C([2H])([2H])c1cc2c3c(c1)N(c1cc(-c4ccccc4)ccc1C)c1cc(-c4ccccc4)ccc1B3c1cc3c(cc1N2c1ccc2c(c1)C(C)(C)CCC2(C)C)C(C)(C)CCC3(C)C. The molecular weight excluding hydrogens is 759 g/mol. The molecule has 0 spiro atoms. The monoisotopic (exact) mass is 824 g/mol. The van der Waals surface area contributed by atoms with Gasteiger partial charge >= 0.3 is 0 Å². The summed E-state index contributed by atoms with van der Waals surface area (Å²) in [5.41, 5.74) is 21.4. The topological polar surface area (TPSA) is 6.48 Å². The first-order valence-electron chi connectivity index (χ1n) is 24.7. The number of anilines is 6. The lowest BCUT2D eigenvalue weighted by Gasteiger charge is -2.48. The molecule has 0 amide bonds. The van der Waals surface area contributed by atoms with Gasteiger partial charge in [-0.15, -0.1) is 0 Å². The Morgan fingerprint density at radius 3 is 1.54 bits per heavy atom. The van der Waals surface area contributed by atoms with E-state index < -0.39 is 6.85 Å². The average molecular weight is 824 g/mol. The van der Waals surface area contributed by atoms with Crippen molar-refractivity contribution < 1.29 is 4.11 Å². The molecule has 2 aliphatic carbocycles. The second kappa shape index (κ2) is 13.9. The molecule has 314 valence electrons. The van der Waals surface area contributed by atoms with E-state index in [4.69, 9.17) is 4.11 Å². The second-order valence-corrected chi connectivity index (χ2v) is 21.8. The van der Waals surface area contributed by atoms with Crippen LogP contribution in [-0.4, -0.2) is 6.71 Å². The van der Waals surface area contributed by atoms with Gasteiger partial charge in [-0.1, -0.05) is 152 Å². The van der Waals surface area contributed by atoms with Crippen molar-refractivity contribution in [2.24, 2.45) is 0 Å². The smallest absolute Gasteiger partial charge is 0.252 e. The van der Waals surface area contributed by atoms with E-state index in [1.54, 1.807) is 0 Å². The molecule has 7 aromatic rings. The molecule has 0 radical (unpaired) electrons. The number of nitrogens with zero attached hydrogens (tertiary/aromatic N) is 2. The molecule has 11 rings (SSSR count). The lowest BCUT2D eigenvalue weighted by Crippen LogP contribution is -2.62. The van der Waals surface area contributed by atoms with Crippen molar-refractivity contribution in [1.82, 2.24) is 0 Å². The van der Waals surface area contributed by atoms with E-state index in [0.29, 0.717) is 5.56 Å². The van der Waals surface area contributed by atoms with Crippen LogP contribution in [0.4, 0.5) is 34.1 Å². The molecule has 0 fully saturated rings. The number of aryl methyl sites for hydroxylation is 2. The molecule has 0 unspecified atom stereocenters. The predicted octanol–water partition coefficient (Wildman–Crippen LogP) is 14.4. The van der Waals surface area contributed by atoms with Gasteiger partial charge in [-0.3, -0.25) is 0 Å². The first-order chi connectivity index (χ1) is 31.2. The van der Waals surface area contributed by atoms with Crippen LogP contribution in [0.5, 0.6) is 0 Å². The zero-order valence-electron chi connectivity index (χ0n) is 41.6. The van der Waals surface area contributed by atoms with Gasteiger partial charge in [0.05, 0.1) is 0 Å². The van der Waals surface area contributed by atoms with Crippen molar-refractivity contribution in [1.29, 1.82) is 0 Å². The standard InChI is InChI=1S/C60H61BN2/c1-38-31-54-56-55(32-38)63(51-33-42(22-21-39(51)2)40-17-13-11-14-18-40)52-34-43(41-19-15-12-16-20-41)23-26-49(52)61(56)50-36-47-48(60(9,10)30-29-59(47,7)8)37-53(50)62(54)44-24-25-45-46(35-44)58(5,6)28-27-57(45,3)4/h11-26,31-37H,27-30H2,1-10H3/i1D3. The predicted molar refractivity (Wildman–Crippen MR) is 271 cm³/mol. The van der Waals surface area contributed by atoms with Crippen LogP contribution in [0, 0.1) is 13.8 Å². The molecule has 2 heterocycles. The Hall–Kier alpha value is -5.80. The van der Waals surface area contributed by atoms with Crippen molar-refractivity contribution in [3.63, 3.8) is 0 Å². The highest BCUT2D eigenvalue weighted by Gasteiger charge is 2.47. The second-order valence-electron chi connectivity index (χ2n) is 21.8. The first-order valence-corrected chi connectivity index (χ1v) is 23.2. The molecule has 3 heteroatoms. The van der Waals surface area contributed by atoms with Crippen molar-refractivity contribution in [3.8, 4) is 22.3 Å². The molecule has 4 aliphatic rings. The van der Waals surface area contributed by atoms with Crippen LogP contribution >= 0.6 is 0 Å². The van der Waals surface area contributed by atoms with Crippen molar-refractivity contribution in [2.75, 3.05) is 9.80 Å². The highest BCUT2D eigenvalue weighted by Crippen LogP contribution is 2.53. The third-order valence-corrected chi connectivity index (χ3v) is 15.8. The van der Waals surface area contributed by atoms with E-state index in [1.807, 2.05) is 12.1 Å². The molecule has 0 saturated heterocycles. The molecule has 0 atom stereocenters. The molecule has 0 bridgehead atoms. The van der Waals surface area contributed by atoms with Gasteiger partial charge in [0, 0.05) is 38.2 Å². The number of hydrogen-bond donors (Lipinski definition) is 0. The molecule has 2 aliphatic heterocycles. The molecule has 63 heavy (non-hydrogen) atoms. The van der Waals surface area contributed by atoms with Gasteiger partial charge in [-0.05, 0) is 176 Å². The fourth-order valence-electron chi connectivity index (χ4n) is 11.8. The summed E-state index contributed by atoms with van der Waals surface area (Å²) in [5.74, 6) is 0. The van der Waals surface area contributed by atoms with Gasteiger partial charge in [0.25, 0.3) is 6.71 Å². The Morgan fingerprint density at radius 1 is 0.429 bits per heavy atom. The summed E-state index contributed by atoms with van der Waals surface area (Å²) in [6, 6.07) is 51.2. The van der Waals surface area contributed by atoms with Gasteiger partial charge < -0.3 is 9.80 Å². The average Bonchev–Trinajstić information content (AvgIpc) is 3.29. The molecule has 0 aromatic heterocycles. The van der Waals surface area contributed by atoms with Crippen LogP contribution in [0.2, 0.25) is 0 Å². The van der Waals surface area contributed by atoms with Crippen molar-refractivity contribution in [2.45, 2.75) is 117 Å². The summed E-state index contributed by atoms with van der Waals surface area (Å²) < 4.78 is 27.4. The lowest BCUT2D eigenvalue weighted by atomic mass is 9.33. The number of fused-ring (bicyclic) bond motifs is 6. The van der Waals surface area contributed by atoms with Gasteiger partial charge in [0.1, 0.15) is 0 Å². The number of rotatable bonds is 4. The van der Waals surface area contributed by atoms with Gasteiger partial charge in [-0.2, -0.15) is 0 Å². The first kappa shape index (κ1) is 36.7. The quantitative estimate of drug-likeness (QED) is 0.163. The van der Waals surface area contributed by atoms with Crippen LogP contribution in [-0.2, 0) is 21.7 Å². The Morgan fingerprint density at radius 2 is 0.937 bits per heavy atom. The summed E-state index contributed by atoms with van der Waals surface area (Å²) in [6.07, 6.45) is 4.45. The van der Waals surface area contributed by atoms with E-state index in [-0.39, 0.29) is 28.4 Å². The maximum atomic E-state index is 9.13. The summed E-state index contributed by atoms with van der Waals surface area (Å²) in [4.78, 5) is 4.87. The summed E-state index contributed by atoms with van der Waals surface area (Å²) in [6.45, 7) is 18.9. The maximum Gasteiger partial charge on any atom is 0.252 e. The van der Waals surface area contributed by atoms with Crippen LogP contribution < -0.4 is 26.2 Å². The molecule has 7 aromatic carbocycles. The van der Waals surface area contributed by atoms with Crippen molar-refractivity contribution >= 4 is 57.2 Å². The summed E-state index contributed by atoms with van der Waals surface area (Å²) in [7, 11) is 0. The molecule has 2 nitrogen and oxygen atoms in total. The van der Waals surface area contributed by atoms with Gasteiger partial charge in [0.15, 0.2) is 0 Å². The molecule has 0 N–H and O–H groups in total. The van der Waals surface area contributed by atoms with Crippen LogP contribution in [0.15, 0.2) is 140 Å². The van der Waals surface area contributed by atoms with E-state index in [9.17, 15) is 0 Å². The van der Waals surface area contributed by atoms with E-state index in [0.717, 1.165) is 93.1 Å². The van der Waals surface area contributed by atoms with Crippen LogP contribution in [0.1, 0.15) is 119 Å². The summed E-state index contributed by atoms with van der Waals surface area (Å²) in [5, 5.41) is 0. The fourth-order valence-corrected chi connectivity index (χ4v) is 11.8. The zero-order valence-corrected chi connectivity index (χ0v) is 38.6. The van der Waals surface area contributed by atoms with Crippen LogP contribution in [0.3, 0.4) is 0 Å². The minimum atomic E-state index is -2.37. The normalized spacial score (nSPS) is 19.1. The molecular formula is C60H61BN2. The fraction of sp³-hybridized carbons (Fsp3) is 0.300. The van der Waals surface area contributed by atoms with Crippen LogP contribution in [0.25, 0.3) is 22.3 Å². The molecule has 0 saturated carbocycles. The largest absolute Gasteiger partial charge is 0.311 e. The third-order valence-electron chi connectivity index (χ3n) is 15.8. The number of hydrogen-bond acceptors (Lipinski definition) is 2.